The van der Waals surface area contributed by atoms with Crippen LogP contribution in [0.5, 0.6) is 0 Å². The van der Waals surface area contributed by atoms with Crippen LogP contribution in [0.25, 0.3) is 0 Å². The summed E-state index contributed by atoms with van der Waals surface area (Å²) < 4.78 is 0. The lowest BCUT2D eigenvalue weighted by molar-refractivity contribution is -0.114. The first-order valence-electron chi connectivity index (χ1n) is 8.34. The Labute approximate surface area is 161 Å². The van der Waals surface area contributed by atoms with Crippen LogP contribution in [0.15, 0.2) is 60.7 Å². The van der Waals surface area contributed by atoms with E-state index < -0.39 is 5.91 Å². The van der Waals surface area contributed by atoms with Crippen LogP contribution in [0, 0.1) is 11.3 Å². The number of hydrogen-bond donors (Lipinski definition) is 3. The molecule has 0 atom stereocenters. The summed E-state index contributed by atoms with van der Waals surface area (Å²) in [5.74, 6) is -0.186. The van der Waals surface area contributed by atoms with Crippen LogP contribution in [0.3, 0.4) is 0 Å². The Hall–Kier alpha value is -4.25. The number of carbonyl (C=O) groups is 2. The summed E-state index contributed by atoms with van der Waals surface area (Å²) in [7, 11) is 0. The molecule has 0 aliphatic heterocycles. The number of carbonyl (C=O) groups excluding carboxylic acids is 2. The summed E-state index contributed by atoms with van der Waals surface area (Å²) in [5, 5.41) is 25.4. The molecular formula is C20H16N6O2. The van der Waals surface area contributed by atoms with Gasteiger partial charge in [-0.25, -0.2) is 0 Å². The minimum Gasteiger partial charge on any atom is -0.339 e. The van der Waals surface area contributed by atoms with Crippen molar-refractivity contribution in [2.24, 2.45) is 0 Å². The van der Waals surface area contributed by atoms with Gasteiger partial charge in [0.2, 0.25) is 5.91 Å². The number of nitrogens with one attached hydrogen (secondary N) is 3. The first-order chi connectivity index (χ1) is 13.5. The molecule has 0 saturated carbocycles. The molecule has 0 saturated heterocycles. The quantitative estimate of drug-likeness (QED) is 0.632. The molecule has 28 heavy (non-hydrogen) atoms. The second kappa shape index (κ2) is 8.42. The number of amides is 2. The van der Waals surface area contributed by atoms with Gasteiger partial charge in [0.15, 0.2) is 11.5 Å². The van der Waals surface area contributed by atoms with Crippen molar-refractivity contribution in [3.63, 3.8) is 0 Å². The fourth-order valence-electron chi connectivity index (χ4n) is 2.42. The van der Waals surface area contributed by atoms with Crippen molar-refractivity contribution in [3.8, 4) is 6.07 Å². The van der Waals surface area contributed by atoms with Crippen molar-refractivity contribution >= 4 is 34.7 Å². The number of rotatable bonds is 5. The van der Waals surface area contributed by atoms with Crippen molar-refractivity contribution in [2.45, 2.75) is 6.92 Å². The largest absolute Gasteiger partial charge is 0.339 e. The third kappa shape index (κ3) is 4.68. The highest BCUT2D eigenvalue weighted by Crippen LogP contribution is 2.19. The Bertz CT molecular complexity index is 1060. The Morgan fingerprint density at radius 2 is 1.71 bits per heavy atom. The molecule has 1 aromatic heterocycles. The molecule has 3 aromatic rings. The molecule has 8 heteroatoms. The molecule has 138 valence electrons. The Morgan fingerprint density at radius 3 is 2.43 bits per heavy atom. The lowest BCUT2D eigenvalue weighted by Gasteiger charge is -2.09. The minimum absolute atomic E-state index is 0.116. The molecule has 0 unspecified atom stereocenters. The van der Waals surface area contributed by atoms with Gasteiger partial charge < -0.3 is 16.0 Å². The van der Waals surface area contributed by atoms with Crippen molar-refractivity contribution in [1.82, 2.24) is 10.2 Å². The molecule has 0 radical (unpaired) electrons. The van der Waals surface area contributed by atoms with Gasteiger partial charge in [0.1, 0.15) is 6.07 Å². The molecule has 0 aliphatic carbocycles. The van der Waals surface area contributed by atoms with E-state index in [-0.39, 0.29) is 11.6 Å². The monoisotopic (exact) mass is 372 g/mol. The lowest BCUT2D eigenvalue weighted by atomic mass is 10.2. The standard InChI is InChI=1S/C20H16N6O2/c1-13(27)22-15-6-4-7-16(11-15)23-19-10-9-18(25-26-19)20(28)24-17-8-3-2-5-14(17)12-21/h2-11H,1H3,(H,22,27)(H,23,26)(H,24,28). The van der Waals surface area contributed by atoms with E-state index in [0.29, 0.717) is 28.4 Å². The van der Waals surface area contributed by atoms with Crippen molar-refractivity contribution in [3.05, 3.63) is 71.9 Å². The number of para-hydroxylation sites is 1. The van der Waals surface area contributed by atoms with E-state index in [1.165, 1.54) is 13.0 Å². The van der Waals surface area contributed by atoms with Gasteiger partial charge in [0.25, 0.3) is 5.91 Å². The van der Waals surface area contributed by atoms with Gasteiger partial charge in [-0.2, -0.15) is 5.26 Å². The van der Waals surface area contributed by atoms with E-state index in [9.17, 15) is 9.59 Å². The van der Waals surface area contributed by atoms with Crippen LogP contribution in [0.1, 0.15) is 23.0 Å². The Balaban J connectivity index is 1.69. The number of nitriles is 1. The van der Waals surface area contributed by atoms with E-state index in [4.69, 9.17) is 5.26 Å². The number of hydrogen-bond acceptors (Lipinski definition) is 6. The summed E-state index contributed by atoms with van der Waals surface area (Å²) in [4.78, 5) is 23.5. The van der Waals surface area contributed by atoms with E-state index >= 15 is 0 Å². The molecule has 0 spiro atoms. The molecular weight excluding hydrogens is 356 g/mol. The van der Waals surface area contributed by atoms with Gasteiger partial charge in [-0.05, 0) is 42.5 Å². The number of benzene rings is 2. The van der Waals surface area contributed by atoms with Crippen molar-refractivity contribution in [2.75, 3.05) is 16.0 Å². The average molecular weight is 372 g/mol. The van der Waals surface area contributed by atoms with Crippen molar-refractivity contribution in [1.29, 1.82) is 5.26 Å². The number of nitrogens with zero attached hydrogens (tertiary/aromatic N) is 3. The second-order valence-corrected chi connectivity index (χ2v) is 5.80. The smallest absolute Gasteiger partial charge is 0.276 e. The third-order valence-electron chi connectivity index (χ3n) is 3.65. The van der Waals surface area contributed by atoms with Gasteiger partial charge in [-0.15, -0.1) is 10.2 Å². The molecule has 3 rings (SSSR count). The molecule has 0 fully saturated rings. The van der Waals surface area contributed by atoms with Crippen LogP contribution in [0.2, 0.25) is 0 Å². The zero-order valence-electron chi connectivity index (χ0n) is 14.9. The summed E-state index contributed by atoms with van der Waals surface area (Å²) >= 11 is 0. The highest BCUT2D eigenvalue weighted by Gasteiger charge is 2.11. The summed E-state index contributed by atoms with van der Waals surface area (Å²) in [6.07, 6.45) is 0. The molecule has 2 amide bonds. The normalized spacial score (nSPS) is 9.86. The molecule has 0 aliphatic rings. The van der Waals surface area contributed by atoms with Gasteiger partial charge in [0, 0.05) is 18.3 Å². The average Bonchev–Trinajstić information content (AvgIpc) is 2.68. The molecule has 3 N–H and O–H groups in total. The van der Waals surface area contributed by atoms with Crippen LogP contribution >= 0.6 is 0 Å². The SMILES string of the molecule is CC(=O)Nc1cccc(Nc2ccc(C(=O)Nc3ccccc3C#N)nn2)c1. The first kappa shape index (κ1) is 18.5. The number of aromatic nitrogens is 2. The molecule has 8 nitrogen and oxygen atoms in total. The van der Waals surface area contributed by atoms with Crippen LogP contribution in [0.4, 0.5) is 22.9 Å². The molecule has 2 aromatic carbocycles. The zero-order chi connectivity index (χ0) is 19.9. The Kier molecular flexibility index (Phi) is 5.58. The van der Waals surface area contributed by atoms with Gasteiger partial charge in [-0.1, -0.05) is 18.2 Å². The summed E-state index contributed by atoms with van der Waals surface area (Å²) in [6, 6.07) is 19.0. The summed E-state index contributed by atoms with van der Waals surface area (Å²) in [5.41, 5.74) is 2.25. The summed E-state index contributed by atoms with van der Waals surface area (Å²) in [6.45, 7) is 1.43. The minimum atomic E-state index is -0.464. The van der Waals surface area contributed by atoms with E-state index in [1.807, 2.05) is 12.1 Å². The predicted octanol–water partition coefficient (Wildman–Crippen LogP) is 3.30. The number of anilines is 4. The van der Waals surface area contributed by atoms with Crippen LogP contribution in [-0.4, -0.2) is 22.0 Å². The van der Waals surface area contributed by atoms with E-state index in [1.54, 1.807) is 48.5 Å². The molecule has 1 heterocycles. The highest BCUT2D eigenvalue weighted by molar-refractivity contribution is 6.03. The predicted molar refractivity (Wildman–Crippen MR) is 105 cm³/mol. The maximum Gasteiger partial charge on any atom is 0.276 e. The van der Waals surface area contributed by atoms with Gasteiger partial charge >= 0.3 is 0 Å². The van der Waals surface area contributed by atoms with E-state index in [0.717, 1.165) is 0 Å². The maximum atomic E-state index is 12.3. The fraction of sp³-hybridized carbons (Fsp3) is 0.0500. The molecule has 0 bridgehead atoms. The fourth-order valence-corrected chi connectivity index (χ4v) is 2.42. The lowest BCUT2D eigenvalue weighted by Crippen LogP contribution is -2.15. The Morgan fingerprint density at radius 1 is 0.929 bits per heavy atom. The zero-order valence-corrected chi connectivity index (χ0v) is 14.9. The van der Waals surface area contributed by atoms with Gasteiger partial charge in [0.05, 0.1) is 11.3 Å². The van der Waals surface area contributed by atoms with Gasteiger partial charge in [-0.3, -0.25) is 9.59 Å². The van der Waals surface area contributed by atoms with Crippen molar-refractivity contribution < 1.29 is 9.59 Å². The van der Waals surface area contributed by atoms with E-state index in [2.05, 4.69) is 26.1 Å². The third-order valence-corrected chi connectivity index (χ3v) is 3.65. The second-order valence-electron chi connectivity index (χ2n) is 5.80. The topological polar surface area (TPSA) is 120 Å². The van der Waals surface area contributed by atoms with Crippen LogP contribution < -0.4 is 16.0 Å². The first-order valence-corrected chi connectivity index (χ1v) is 8.34. The highest BCUT2D eigenvalue weighted by atomic mass is 16.2. The maximum absolute atomic E-state index is 12.3. The van der Waals surface area contributed by atoms with Crippen LogP contribution in [-0.2, 0) is 4.79 Å².